The van der Waals surface area contributed by atoms with Crippen molar-refractivity contribution >= 4 is 0 Å². The summed E-state index contributed by atoms with van der Waals surface area (Å²) in [6.07, 6.45) is 30.3. The molecular weight excluding hydrogens is 1490 g/mol. The van der Waals surface area contributed by atoms with Gasteiger partial charge in [-0.15, -0.1) is 0 Å². The third kappa shape index (κ3) is 32.9. The minimum absolute atomic E-state index is 1.13. The Labute approximate surface area is 759 Å². The Morgan fingerprint density at radius 1 is 0.113 bits per heavy atom. The maximum atomic E-state index is 2.47. The lowest BCUT2D eigenvalue weighted by atomic mass is 9.89. The molecule has 0 saturated heterocycles. The maximum Gasteiger partial charge on any atom is -0.0235 e. The average Bonchev–Trinajstić information content (AvgIpc) is 0.818. The van der Waals surface area contributed by atoms with E-state index in [1.54, 1.807) is 11.1 Å². The summed E-state index contributed by atoms with van der Waals surface area (Å²) in [5.74, 6) is 0. The molecule has 0 spiro atoms. The third-order valence-corrected chi connectivity index (χ3v) is 27.0. The molecule has 0 heteroatoms. The van der Waals surface area contributed by atoms with E-state index < -0.39 is 0 Å². The molecule has 12 aromatic rings. The second-order valence-electron chi connectivity index (χ2n) is 36.3. The van der Waals surface area contributed by atoms with Gasteiger partial charge in [-0.3, -0.25) is 0 Å². The van der Waals surface area contributed by atoms with Gasteiger partial charge in [0.25, 0.3) is 0 Å². The molecule has 0 heterocycles. The Kier molecular flexibility index (Phi) is 43.6. The molecule has 0 nitrogen and oxygen atoms in total. The first-order valence-electron chi connectivity index (χ1n) is 48.5. The van der Waals surface area contributed by atoms with Gasteiger partial charge >= 0.3 is 0 Å². The molecule has 0 fully saturated rings. The first-order chi connectivity index (χ1) is 59.6. The van der Waals surface area contributed by atoms with E-state index in [0.717, 1.165) is 89.9 Å². The number of rotatable bonds is 32. The number of aryl methyl sites for hydroxylation is 38. The van der Waals surface area contributed by atoms with E-state index in [2.05, 4.69) is 386 Å². The van der Waals surface area contributed by atoms with Crippen LogP contribution in [0.15, 0.2) is 206 Å². The van der Waals surface area contributed by atoms with E-state index in [1.807, 2.05) is 0 Å². The van der Waals surface area contributed by atoms with Gasteiger partial charge in [-0.2, -0.15) is 0 Å². The Morgan fingerprint density at radius 3 is 0.435 bits per heavy atom. The fraction of sp³-hybridized carbons (Fsp3) is 0.419. The van der Waals surface area contributed by atoms with Crippen LogP contribution in [0.3, 0.4) is 0 Å². The minimum atomic E-state index is 1.13. The summed E-state index contributed by atoms with van der Waals surface area (Å²) in [7, 11) is 0. The van der Waals surface area contributed by atoms with Crippen molar-refractivity contribution in [3.63, 3.8) is 0 Å². The number of benzene rings is 12. The molecule has 660 valence electrons. The van der Waals surface area contributed by atoms with Crippen molar-refractivity contribution in [2.24, 2.45) is 0 Å². The maximum absolute atomic E-state index is 2.47. The van der Waals surface area contributed by atoms with E-state index >= 15 is 0 Å². The van der Waals surface area contributed by atoms with Gasteiger partial charge in [0.15, 0.2) is 0 Å². The molecule has 12 aromatic carbocycles. The van der Waals surface area contributed by atoms with Gasteiger partial charge in [-0.05, 0) is 489 Å². The van der Waals surface area contributed by atoms with Gasteiger partial charge in [0.05, 0.1) is 0 Å². The molecule has 0 unspecified atom stereocenters. The third-order valence-electron chi connectivity index (χ3n) is 27.0. The molecule has 0 aliphatic rings. The lowest BCUT2D eigenvalue weighted by molar-refractivity contribution is 0.816. The zero-order valence-electron chi connectivity index (χ0n) is 83.0. The van der Waals surface area contributed by atoms with Crippen LogP contribution in [0.4, 0.5) is 0 Å². The van der Waals surface area contributed by atoms with Crippen LogP contribution in [-0.4, -0.2) is 0 Å². The quantitative estimate of drug-likeness (QED) is 0.0394. The normalized spacial score (nSPS) is 10.9. The van der Waals surface area contributed by atoms with Crippen LogP contribution in [0.2, 0.25) is 0 Å². The van der Waals surface area contributed by atoms with Crippen LogP contribution in [0.1, 0.15) is 306 Å². The topological polar surface area (TPSA) is 0 Å². The monoisotopic (exact) mass is 1650 g/mol. The first kappa shape index (κ1) is 102. The molecule has 0 saturated carbocycles. The Bertz CT molecular complexity index is 4750. The zero-order chi connectivity index (χ0) is 90.4. The SMILES string of the molecule is CCc1cc(CCCc2ccc(C)c(CC)c2)ccc1C.CCc1cc(CCCc2ccc(C)c(CC)c2)ccc1C.CCc1cc(CCc2cc(CC)c(C)cc2CC)c(CC)cc1C.CCc1cc(CCc2ccc(C)c(CC)c2)ccc1C.Cc1ccc(CCCc2ccc(C)c(C)c2)cc1C.Cc1ccc(CCCc2ccc(C)c(C)c2)cc1C. The highest BCUT2D eigenvalue weighted by Crippen LogP contribution is 2.27. The van der Waals surface area contributed by atoms with E-state index in [1.165, 1.54) is 277 Å². The molecule has 0 bridgehead atoms. The second kappa shape index (κ2) is 53.2. The minimum Gasteiger partial charge on any atom is -0.0613 e. The standard InChI is InChI=1S/C24H34.2C21H28.C20H26.2C19H24/c1-7-19-15-23(21(9-3)13-17(19)5)11-12-24-16-20(8-2)18(6)14-22(24)10-4;2*1-5-20-14-18(12-10-16(20)3)8-7-9-19-13-11-17(4)21(6-2)15-19;1-5-19-13-17(9-7-15(19)3)11-12-18-10-8-16(4)20(6-2)14-18;2*1-14-8-10-18(12-16(14)3)6-5-7-19-11-9-15(2)17(4)13-19/h13-16H,7-12H2,1-6H3;2*10-15H,5-9H2,1-4H3;7-10,13-14H,5-6,11-12H2,1-4H3;2*8-13H,5-7H2,1-4H3. The molecule has 0 N–H and O–H groups in total. The van der Waals surface area contributed by atoms with Gasteiger partial charge in [-0.25, -0.2) is 0 Å². The van der Waals surface area contributed by atoms with Gasteiger partial charge in [0.2, 0.25) is 0 Å². The van der Waals surface area contributed by atoms with Crippen molar-refractivity contribution in [1.82, 2.24) is 0 Å². The van der Waals surface area contributed by atoms with Crippen LogP contribution in [0.25, 0.3) is 0 Å². The first-order valence-corrected chi connectivity index (χ1v) is 48.5. The molecule has 0 amide bonds. The van der Waals surface area contributed by atoms with E-state index in [9.17, 15) is 0 Å². The molecule has 12 rings (SSSR count). The second-order valence-corrected chi connectivity index (χ2v) is 36.3. The highest BCUT2D eigenvalue weighted by atomic mass is 14.2. The van der Waals surface area contributed by atoms with E-state index in [0.29, 0.717) is 0 Å². The lowest BCUT2D eigenvalue weighted by Gasteiger charge is -2.16. The fourth-order valence-electron chi connectivity index (χ4n) is 17.6. The van der Waals surface area contributed by atoms with Crippen molar-refractivity contribution < 1.29 is 0 Å². The van der Waals surface area contributed by atoms with Crippen LogP contribution in [0, 0.1) is 111 Å². The lowest BCUT2D eigenvalue weighted by Crippen LogP contribution is -2.03. The molecule has 124 heavy (non-hydrogen) atoms. The molecule has 0 radical (unpaired) electrons. The fourth-order valence-corrected chi connectivity index (χ4v) is 17.6. The van der Waals surface area contributed by atoms with Crippen molar-refractivity contribution in [3.05, 3.63) is 418 Å². The molecule has 0 aliphatic heterocycles. The Hall–Kier alpha value is -9.36. The summed E-state index contributed by atoms with van der Waals surface area (Å²) in [6, 6.07) is 78.8. The zero-order valence-corrected chi connectivity index (χ0v) is 83.0. The van der Waals surface area contributed by atoms with Gasteiger partial charge < -0.3 is 0 Å². The molecule has 0 atom stereocenters. The highest BCUT2D eigenvalue weighted by molar-refractivity contribution is 5.44. The largest absolute Gasteiger partial charge is 0.0613 e. The van der Waals surface area contributed by atoms with Crippen molar-refractivity contribution in [3.8, 4) is 0 Å². The van der Waals surface area contributed by atoms with E-state index in [-0.39, 0.29) is 0 Å². The summed E-state index contributed by atoms with van der Waals surface area (Å²) in [5.41, 5.74) is 55.5. The average molecular weight is 1650 g/mol. The highest BCUT2D eigenvalue weighted by Gasteiger charge is 2.13. The number of hydrogen-bond acceptors (Lipinski definition) is 0. The van der Waals surface area contributed by atoms with Crippen LogP contribution >= 0.6 is 0 Å². The van der Waals surface area contributed by atoms with Crippen molar-refractivity contribution in [2.75, 3.05) is 0 Å². The molecule has 0 aromatic heterocycles. The van der Waals surface area contributed by atoms with Gasteiger partial charge in [0, 0.05) is 0 Å². The van der Waals surface area contributed by atoms with E-state index in [4.69, 9.17) is 0 Å². The number of hydrogen-bond donors (Lipinski definition) is 0. The Balaban J connectivity index is 0.000000205. The summed E-state index contributed by atoms with van der Waals surface area (Å²) < 4.78 is 0. The van der Waals surface area contributed by atoms with Crippen LogP contribution in [0.5, 0.6) is 0 Å². The van der Waals surface area contributed by atoms with Crippen molar-refractivity contribution in [1.29, 1.82) is 0 Å². The summed E-state index contributed by atoms with van der Waals surface area (Å²) in [6.45, 7) is 57.8. The van der Waals surface area contributed by atoms with Crippen LogP contribution < -0.4 is 0 Å². The Morgan fingerprint density at radius 2 is 0.266 bits per heavy atom. The summed E-state index contributed by atoms with van der Waals surface area (Å²) >= 11 is 0. The predicted octanol–water partition coefficient (Wildman–Crippen LogP) is 32.9. The van der Waals surface area contributed by atoms with Crippen LogP contribution in [-0.2, 0) is 141 Å². The van der Waals surface area contributed by atoms with Gasteiger partial charge in [-0.1, -0.05) is 275 Å². The molecule has 0 aliphatic carbocycles. The van der Waals surface area contributed by atoms with Crippen molar-refractivity contribution in [2.45, 2.75) is 347 Å². The van der Waals surface area contributed by atoms with Gasteiger partial charge in [0.1, 0.15) is 0 Å². The molecular formula is C124H164. The predicted molar refractivity (Wildman–Crippen MR) is 550 cm³/mol. The smallest absolute Gasteiger partial charge is 0.0235 e. The summed E-state index contributed by atoms with van der Waals surface area (Å²) in [5, 5.41) is 0. The summed E-state index contributed by atoms with van der Waals surface area (Å²) in [4.78, 5) is 0.